The first-order valence-corrected chi connectivity index (χ1v) is 10.4. The van der Waals surface area contributed by atoms with Crippen LogP contribution in [0.15, 0.2) is 0 Å². The van der Waals surface area contributed by atoms with Gasteiger partial charge in [-0.2, -0.15) is 0 Å². The lowest BCUT2D eigenvalue weighted by Crippen LogP contribution is -2.49. The summed E-state index contributed by atoms with van der Waals surface area (Å²) < 4.78 is 15.8. The van der Waals surface area contributed by atoms with Crippen LogP contribution < -0.4 is 0 Å². The molecule has 148 valence electrons. The minimum atomic E-state index is -1.63. The molecule has 9 heteroatoms. The van der Waals surface area contributed by atoms with Crippen molar-refractivity contribution < 1.29 is 18.8 Å². The number of fused-ring (bicyclic) bond motifs is 1. The molecular weight excluding hydrogens is 399 g/mol. The van der Waals surface area contributed by atoms with Crippen LogP contribution in [-0.2, 0) is 18.8 Å². The smallest absolute Gasteiger partial charge is 0.440 e. The molecule has 3 fully saturated rings. The molecule has 0 N–H and O–H groups in total. The first-order valence-electron chi connectivity index (χ1n) is 9.29. The van der Waals surface area contributed by atoms with Crippen LogP contribution in [0.3, 0.4) is 0 Å². The highest BCUT2D eigenvalue weighted by Crippen LogP contribution is 2.48. The lowest BCUT2D eigenvalue weighted by Gasteiger charge is -2.32. The number of hydrogen-bond donors (Lipinski definition) is 0. The van der Waals surface area contributed by atoms with Crippen LogP contribution >= 0.6 is 34.8 Å². The SMILES string of the molecule is CC1(C)OB(CCCC[C@]23CCCN2[C@H](C(Cl)(Cl)Cl)OC3=O)OC1(C)C. The third-order valence-electron chi connectivity index (χ3n) is 6.28. The van der Waals surface area contributed by atoms with Crippen molar-refractivity contribution in [3.8, 4) is 0 Å². The molecule has 0 spiro atoms. The average molecular weight is 427 g/mol. The van der Waals surface area contributed by atoms with Gasteiger partial charge in [0.25, 0.3) is 0 Å². The summed E-state index contributed by atoms with van der Waals surface area (Å²) in [5.41, 5.74) is -1.28. The van der Waals surface area contributed by atoms with Crippen LogP contribution in [0.1, 0.15) is 59.8 Å². The van der Waals surface area contributed by atoms with Crippen LogP contribution in [0.2, 0.25) is 6.32 Å². The minimum absolute atomic E-state index is 0.207. The number of cyclic esters (lactones) is 1. The average Bonchev–Trinajstić information content (AvgIpc) is 3.07. The zero-order chi connectivity index (χ0) is 19.4. The first kappa shape index (κ1) is 21.0. The molecule has 0 aromatic rings. The Balaban J connectivity index is 1.54. The topological polar surface area (TPSA) is 48.0 Å². The Hall–Kier alpha value is 0.285. The summed E-state index contributed by atoms with van der Waals surface area (Å²) in [7, 11) is -0.207. The van der Waals surface area contributed by atoms with E-state index >= 15 is 0 Å². The van der Waals surface area contributed by atoms with Gasteiger partial charge in [0.1, 0.15) is 5.54 Å². The molecule has 2 atom stereocenters. The van der Waals surface area contributed by atoms with E-state index in [1.807, 2.05) is 32.6 Å². The Kier molecular flexibility index (Phi) is 5.62. The van der Waals surface area contributed by atoms with Crippen LogP contribution in [0, 0.1) is 0 Å². The Morgan fingerprint density at radius 2 is 1.77 bits per heavy atom. The lowest BCUT2D eigenvalue weighted by molar-refractivity contribution is -0.145. The number of ether oxygens (including phenoxy) is 1. The lowest BCUT2D eigenvalue weighted by atomic mass is 9.80. The van der Waals surface area contributed by atoms with E-state index < -0.39 is 15.6 Å². The molecule has 3 aliphatic heterocycles. The monoisotopic (exact) mass is 425 g/mol. The molecule has 0 aromatic carbocycles. The number of carbonyl (C=O) groups excluding carboxylic acids is 1. The van der Waals surface area contributed by atoms with E-state index in [4.69, 9.17) is 48.8 Å². The van der Waals surface area contributed by atoms with Crippen LogP contribution in [0.4, 0.5) is 0 Å². The number of alkyl halides is 3. The van der Waals surface area contributed by atoms with Gasteiger partial charge in [-0.15, -0.1) is 0 Å². The molecule has 0 amide bonds. The van der Waals surface area contributed by atoms with Crippen molar-refractivity contribution in [2.75, 3.05) is 6.54 Å². The fourth-order valence-electron chi connectivity index (χ4n) is 4.16. The summed E-state index contributed by atoms with van der Waals surface area (Å²) in [6.45, 7) is 8.91. The first-order chi connectivity index (χ1) is 11.9. The van der Waals surface area contributed by atoms with Gasteiger partial charge in [0.05, 0.1) is 11.2 Å². The summed E-state index contributed by atoms with van der Waals surface area (Å²) in [5, 5.41) is 0. The number of esters is 1. The number of rotatable bonds is 5. The Labute approximate surface area is 171 Å². The zero-order valence-corrected chi connectivity index (χ0v) is 18.1. The van der Waals surface area contributed by atoms with Crippen molar-refractivity contribution in [2.24, 2.45) is 0 Å². The van der Waals surface area contributed by atoms with Crippen molar-refractivity contribution in [2.45, 2.75) is 92.9 Å². The number of carbonyl (C=O) groups is 1. The maximum Gasteiger partial charge on any atom is 0.457 e. The molecule has 5 nitrogen and oxygen atoms in total. The van der Waals surface area contributed by atoms with E-state index in [0.717, 1.165) is 32.0 Å². The fraction of sp³-hybridized carbons (Fsp3) is 0.941. The highest BCUT2D eigenvalue weighted by atomic mass is 35.6. The number of halogens is 3. The van der Waals surface area contributed by atoms with E-state index in [1.54, 1.807) is 0 Å². The maximum absolute atomic E-state index is 12.6. The Morgan fingerprint density at radius 3 is 2.35 bits per heavy atom. The molecule has 0 aromatic heterocycles. The third kappa shape index (κ3) is 3.62. The normalized spacial score (nSPS) is 33.6. The minimum Gasteiger partial charge on any atom is -0.440 e. The van der Waals surface area contributed by atoms with Gasteiger partial charge in [0.2, 0.25) is 10.0 Å². The molecule has 0 saturated carbocycles. The van der Waals surface area contributed by atoms with Gasteiger partial charge in [-0.3, -0.25) is 0 Å². The van der Waals surface area contributed by atoms with Gasteiger partial charge in [-0.05, 0) is 53.3 Å². The highest BCUT2D eigenvalue weighted by molar-refractivity contribution is 6.68. The van der Waals surface area contributed by atoms with Crippen LogP contribution in [-0.4, -0.2) is 51.3 Å². The molecule has 3 aliphatic rings. The summed E-state index contributed by atoms with van der Waals surface area (Å²) in [6, 6.07) is 0. The molecule has 3 heterocycles. The third-order valence-corrected chi connectivity index (χ3v) is 6.84. The highest BCUT2D eigenvalue weighted by Gasteiger charge is 2.62. The van der Waals surface area contributed by atoms with Gasteiger partial charge >= 0.3 is 13.1 Å². The predicted octanol–water partition coefficient (Wildman–Crippen LogP) is 4.34. The molecule has 3 saturated heterocycles. The number of hydrogen-bond acceptors (Lipinski definition) is 5. The van der Waals surface area contributed by atoms with Crippen molar-refractivity contribution in [1.82, 2.24) is 4.90 Å². The van der Waals surface area contributed by atoms with Crippen molar-refractivity contribution >= 4 is 47.9 Å². The van der Waals surface area contributed by atoms with Gasteiger partial charge < -0.3 is 14.0 Å². The van der Waals surface area contributed by atoms with Gasteiger partial charge in [0.15, 0.2) is 0 Å². The molecule has 0 unspecified atom stereocenters. The quantitative estimate of drug-likeness (QED) is 0.283. The van der Waals surface area contributed by atoms with E-state index in [2.05, 4.69) is 0 Å². The Morgan fingerprint density at radius 1 is 1.15 bits per heavy atom. The van der Waals surface area contributed by atoms with Gasteiger partial charge in [-0.1, -0.05) is 47.6 Å². The molecule has 3 rings (SSSR count). The number of unbranched alkanes of at least 4 members (excludes halogenated alkanes) is 1. The summed E-state index contributed by atoms with van der Waals surface area (Å²) >= 11 is 18.0. The van der Waals surface area contributed by atoms with Crippen molar-refractivity contribution in [3.63, 3.8) is 0 Å². The largest absolute Gasteiger partial charge is 0.457 e. The van der Waals surface area contributed by atoms with Crippen LogP contribution in [0.25, 0.3) is 0 Å². The molecule has 0 radical (unpaired) electrons. The summed E-state index contributed by atoms with van der Waals surface area (Å²) in [5.74, 6) is -0.262. The van der Waals surface area contributed by atoms with E-state index in [-0.39, 0.29) is 24.3 Å². The fourth-order valence-corrected chi connectivity index (χ4v) is 4.65. The standard InChI is InChI=1S/C17H27BCl3NO4/c1-14(2)15(3,4)26-18(25-14)10-6-5-8-16-9-7-11-22(16)12(17(19,20)21)24-13(16)23/h12H,5-11H2,1-4H3/t12-,16+/m0/s1. The van der Waals surface area contributed by atoms with E-state index in [1.165, 1.54) is 0 Å². The number of nitrogens with zero attached hydrogens (tertiary/aromatic N) is 1. The zero-order valence-electron chi connectivity index (χ0n) is 15.8. The van der Waals surface area contributed by atoms with E-state index in [9.17, 15) is 4.79 Å². The molecule has 0 bridgehead atoms. The molecule has 26 heavy (non-hydrogen) atoms. The maximum atomic E-state index is 12.6. The van der Waals surface area contributed by atoms with Crippen molar-refractivity contribution in [3.05, 3.63) is 0 Å². The molecular formula is C17H27BCl3NO4. The predicted molar refractivity (Wildman–Crippen MR) is 104 cm³/mol. The summed E-state index contributed by atoms with van der Waals surface area (Å²) in [6.07, 6.45) is 4.11. The van der Waals surface area contributed by atoms with Gasteiger partial charge in [0, 0.05) is 6.54 Å². The van der Waals surface area contributed by atoms with Crippen molar-refractivity contribution in [1.29, 1.82) is 0 Å². The Bertz CT molecular complexity index is 553. The van der Waals surface area contributed by atoms with E-state index in [0.29, 0.717) is 13.0 Å². The molecule has 0 aliphatic carbocycles. The second kappa shape index (κ2) is 6.96. The second-order valence-corrected chi connectivity index (χ2v) is 10.9. The van der Waals surface area contributed by atoms with Crippen LogP contribution in [0.5, 0.6) is 0 Å². The van der Waals surface area contributed by atoms with Gasteiger partial charge in [-0.25, -0.2) is 9.69 Å². The summed E-state index contributed by atoms with van der Waals surface area (Å²) in [4.78, 5) is 14.5. The second-order valence-electron chi connectivity index (χ2n) is 8.56.